The molecule has 1 rings (SSSR count). The van der Waals surface area contributed by atoms with Gasteiger partial charge in [0.05, 0.1) is 0 Å². The molecule has 0 aliphatic carbocycles. The molecular weight excluding hydrogens is 194 g/mol. The summed E-state index contributed by atoms with van der Waals surface area (Å²) in [5.41, 5.74) is 0. The summed E-state index contributed by atoms with van der Waals surface area (Å²) in [7, 11) is 0. The molecule has 1 saturated heterocycles. The van der Waals surface area contributed by atoms with E-state index in [1.807, 2.05) is 6.92 Å². The smallest absolute Gasteiger partial charge is 0.245 e. The van der Waals surface area contributed by atoms with E-state index in [-0.39, 0.29) is 17.9 Å². The fourth-order valence-electron chi connectivity index (χ4n) is 1.69. The molecular formula is C10H19N3O2. The predicted molar refractivity (Wildman–Crippen MR) is 57.3 cm³/mol. The Morgan fingerprint density at radius 2 is 2.00 bits per heavy atom. The molecule has 0 bridgehead atoms. The second-order valence-electron chi connectivity index (χ2n) is 3.74. The summed E-state index contributed by atoms with van der Waals surface area (Å²) in [4.78, 5) is 24.7. The molecule has 5 nitrogen and oxygen atoms in total. The molecule has 1 atom stereocenters. The molecule has 2 amide bonds. The van der Waals surface area contributed by atoms with Crippen LogP contribution < -0.4 is 10.6 Å². The maximum atomic E-state index is 11.9. The molecule has 5 heteroatoms. The molecule has 0 aromatic carbocycles. The molecule has 1 aliphatic rings. The van der Waals surface area contributed by atoms with Crippen LogP contribution in [0.15, 0.2) is 0 Å². The Morgan fingerprint density at radius 1 is 1.40 bits per heavy atom. The van der Waals surface area contributed by atoms with Crippen LogP contribution in [0.2, 0.25) is 0 Å². The highest BCUT2D eigenvalue weighted by Crippen LogP contribution is 2.01. The van der Waals surface area contributed by atoms with Gasteiger partial charge in [-0.2, -0.15) is 0 Å². The molecule has 1 aliphatic heterocycles. The largest absolute Gasteiger partial charge is 0.345 e. The average molecular weight is 213 g/mol. The van der Waals surface area contributed by atoms with Gasteiger partial charge in [-0.15, -0.1) is 0 Å². The number of nitrogens with one attached hydrogen (secondary N) is 2. The summed E-state index contributed by atoms with van der Waals surface area (Å²) in [5, 5.41) is 5.86. The summed E-state index contributed by atoms with van der Waals surface area (Å²) in [6.45, 7) is 6.47. The molecule has 0 aromatic rings. The highest BCUT2D eigenvalue weighted by atomic mass is 16.2. The summed E-state index contributed by atoms with van der Waals surface area (Å²) >= 11 is 0. The maximum Gasteiger partial charge on any atom is 0.245 e. The third-order valence-corrected chi connectivity index (χ3v) is 2.51. The summed E-state index contributed by atoms with van der Waals surface area (Å²) in [5.74, 6) is -0.112. The van der Waals surface area contributed by atoms with Gasteiger partial charge in [-0.3, -0.25) is 9.59 Å². The van der Waals surface area contributed by atoms with E-state index >= 15 is 0 Å². The second kappa shape index (κ2) is 5.70. The van der Waals surface area contributed by atoms with Crippen LogP contribution in [0.3, 0.4) is 0 Å². The Labute approximate surface area is 90.2 Å². The molecule has 0 radical (unpaired) electrons. The number of rotatable bonds is 3. The van der Waals surface area contributed by atoms with Gasteiger partial charge in [0.1, 0.15) is 6.04 Å². The number of piperazine rings is 1. The number of nitrogens with zero attached hydrogens (tertiary/aromatic N) is 1. The molecule has 1 heterocycles. The SMILES string of the molecule is CCC(NC(C)=O)C(=O)N1CCNCC1. The van der Waals surface area contributed by atoms with Gasteiger partial charge in [-0.05, 0) is 6.42 Å². The van der Waals surface area contributed by atoms with Gasteiger partial charge in [0.2, 0.25) is 11.8 Å². The number of hydrogen-bond acceptors (Lipinski definition) is 3. The number of carbonyl (C=O) groups excluding carboxylic acids is 2. The highest BCUT2D eigenvalue weighted by molar-refractivity contribution is 5.86. The minimum absolute atomic E-state index is 0.0363. The number of carbonyl (C=O) groups is 2. The van der Waals surface area contributed by atoms with E-state index in [0.29, 0.717) is 6.42 Å². The van der Waals surface area contributed by atoms with Crippen LogP contribution >= 0.6 is 0 Å². The van der Waals surface area contributed by atoms with E-state index in [2.05, 4.69) is 10.6 Å². The first-order valence-electron chi connectivity index (χ1n) is 5.41. The summed E-state index contributed by atoms with van der Waals surface area (Å²) in [6, 6.07) is -0.361. The van der Waals surface area contributed by atoms with Crippen molar-refractivity contribution < 1.29 is 9.59 Å². The van der Waals surface area contributed by atoms with E-state index in [9.17, 15) is 9.59 Å². The lowest BCUT2D eigenvalue weighted by Gasteiger charge is -2.30. The van der Waals surface area contributed by atoms with Crippen LogP contribution in [0.4, 0.5) is 0 Å². The number of hydrogen-bond donors (Lipinski definition) is 2. The lowest BCUT2D eigenvalue weighted by atomic mass is 10.2. The lowest BCUT2D eigenvalue weighted by Crippen LogP contribution is -2.53. The zero-order valence-corrected chi connectivity index (χ0v) is 9.38. The van der Waals surface area contributed by atoms with Crippen LogP contribution in [0.1, 0.15) is 20.3 Å². The van der Waals surface area contributed by atoms with Crippen LogP contribution in [-0.4, -0.2) is 48.9 Å². The highest BCUT2D eigenvalue weighted by Gasteiger charge is 2.24. The van der Waals surface area contributed by atoms with E-state index in [0.717, 1.165) is 26.2 Å². The first-order chi connectivity index (χ1) is 7.15. The van der Waals surface area contributed by atoms with Crippen molar-refractivity contribution in [3.05, 3.63) is 0 Å². The molecule has 0 saturated carbocycles. The van der Waals surface area contributed by atoms with Gasteiger partial charge in [0, 0.05) is 33.1 Å². The van der Waals surface area contributed by atoms with Crippen molar-refractivity contribution >= 4 is 11.8 Å². The van der Waals surface area contributed by atoms with E-state index < -0.39 is 0 Å². The topological polar surface area (TPSA) is 61.4 Å². The molecule has 86 valence electrons. The van der Waals surface area contributed by atoms with Crippen molar-refractivity contribution in [2.24, 2.45) is 0 Å². The Balaban J connectivity index is 2.50. The van der Waals surface area contributed by atoms with Crippen molar-refractivity contribution in [1.82, 2.24) is 15.5 Å². The molecule has 1 unspecified atom stereocenters. The minimum Gasteiger partial charge on any atom is -0.345 e. The zero-order chi connectivity index (χ0) is 11.3. The fraction of sp³-hybridized carbons (Fsp3) is 0.800. The lowest BCUT2D eigenvalue weighted by molar-refractivity contribution is -0.136. The zero-order valence-electron chi connectivity index (χ0n) is 9.38. The summed E-state index contributed by atoms with van der Waals surface area (Å²) < 4.78 is 0. The third kappa shape index (κ3) is 3.51. The van der Waals surface area contributed by atoms with Crippen molar-refractivity contribution in [3.63, 3.8) is 0 Å². The van der Waals surface area contributed by atoms with Crippen molar-refractivity contribution in [1.29, 1.82) is 0 Å². The Kier molecular flexibility index (Phi) is 4.55. The first kappa shape index (κ1) is 12.0. The average Bonchev–Trinajstić information content (AvgIpc) is 2.26. The quantitative estimate of drug-likeness (QED) is 0.654. The Bertz CT molecular complexity index is 237. The van der Waals surface area contributed by atoms with E-state index in [4.69, 9.17) is 0 Å². The van der Waals surface area contributed by atoms with Crippen LogP contribution in [0, 0.1) is 0 Å². The molecule has 0 spiro atoms. The van der Waals surface area contributed by atoms with E-state index in [1.165, 1.54) is 6.92 Å². The fourth-order valence-corrected chi connectivity index (χ4v) is 1.69. The monoisotopic (exact) mass is 213 g/mol. The van der Waals surface area contributed by atoms with Crippen molar-refractivity contribution in [3.8, 4) is 0 Å². The Morgan fingerprint density at radius 3 is 2.47 bits per heavy atom. The molecule has 2 N–H and O–H groups in total. The minimum atomic E-state index is -0.361. The maximum absolute atomic E-state index is 11.9. The van der Waals surface area contributed by atoms with Crippen LogP contribution in [-0.2, 0) is 9.59 Å². The van der Waals surface area contributed by atoms with Crippen molar-refractivity contribution in [2.45, 2.75) is 26.3 Å². The first-order valence-corrected chi connectivity index (χ1v) is 5.41. The molecule has 1 fully saturated rings. The molecule has 0 aromatic heterocycles. The van der Waals surface area contributed by atoms with Gasteiger partial charge in [0.25, 0.3) is 0 Å². The van der Waals surface area contributed by atoms with Gasteiger partial charge >= 0.3 is 0 Å². The normalized spacial score (nSPS) is 18.4. The summed E-state index contributed by atoms with van der Waals surface area (Å²) in [6.07, 6.45) is 0.641. The van der Waals surface area contributed by atoms with Gasteiger partial charge in [-0.1, -0.05) is 6.92 Å². The predicted octanol–water partition coefficient (Wildman–Crippen LogP) is -0.667. The standard InChI is InChI=1S/C10H19N3O2/c1-3-9(12-8(2)14)10(15)13-6-4-11-5-7-13/h9,11H,3-7H2,1-2H3,(H,12,14). The van der Waals surface area contributed by atoms with Crippen LogP contribution in [0.5, 0.6) is 0 Å². The Hall–Kier alpha value is -1.10. The van der Waals surface area contributed by atoms with Crippen LogP contribution in [0.25, 0.3) is 0 Å². The third-order valence-electron chi connectivity index (χ3n) is 2.51. The van der Waals surface area contributed by atoms with Crippen molar-refractivity contribution in [2.75, 3.05) is 26.2 Å². The van der Waals surface area contributed by atoms with Gasteiger partial charge in [0.15, 0.2) is 0 Å². The second-order valence-corrected chi connectivity index (χ2v) is 3.74. The number of amides is 2. The van der Waals surface area contributed by atoms with E-state index in [1.54, 1.807) is 4.90 Å². The van der Waals surface area contributed by atoms with Gasteiger partial charge in [-0.25, -0.2) is 0 Å². The molecule has 15 heavy (non-hydrogen) atoms. The van der Waals surface area contributed by atoms with Gasteiger partial charge < -0.3 is 15.5 Å².